The Bertz CT molecular complexity index is 1100. The van der Waals surface area contributed by atoms with E-state index in [1.807, 2.05) is 85.3 Å². The van der Waals surface area contributed by atoms with Crippen LogP contribution in [-0.4, -0.2) is 33.2 Å². The number of hydrogen-bond acceptors (Lipinski definition) is 4. The molecule has 1 amide bonds. The number of aromatic nitrogens is 2. The first-order valence-corrected chi connectivity index (χ1v) is 10.7. The standard InChI is InChI=1S/C26H30N4O2/c1-4-5-7-10-19(2)24(18-31)29-26(32)23-17-30(16-20(23)3)22-13-14-27-25(15-22)28-21-11-8-6-9-12-21/h5-17,24,31H,4,18H2,1-3H3,(H,27,28)(H,29,32)/b7-5-,19-10+/t24-/m1/s1. The lowest BCUT2D eigenvalue weighted by atomic mass is 10.1. The largest absolute Gasteiger partial charge is 0.394 e. The Kier molecular flexibility index (Phi) is 8.00. The van der Waals surface area contributed by atoms with Crippen LogP contribution in [0.25, 0.3) is 5.69 Å². The van der Waals surface area contributed by atoms with Crippen molar-refractivity contribution in [1.82, 2.24) is 14.9 Å². The van der Waals surface area contributed by atoms with E-state index in [1.54, 1.807) is 12.4 Å². The number of aliphatic hydroxyl groups excluding tert-OH is 1. The molecule has 2 heterocycles. The van der Waals surface area contributed by atoms with Crippen molar-refractivity contribution in [2.24, 2.45) is 0 Å². The molecular weight excluding hydrogens is 400 g/mol. The Labute approximate surface area is 189 Å². The Morgan fingerprint density at radius 3 is 2.72 bits per heavy atom. The number of benzene rings is 1. The van der Waals surface area contributed by atoms with Gasteiger partial charge in [0.25, 0.3) is 5.91 Å². The molecule has 166 valence electrons. The first kappa shape index (κ1) is 23.0. The predicted octanol–water partition coefficient (Wildman–Crippen LogP) is 4.93. The number of aryl methyl sites for hydroxylation is 1. The first-order valence-electron chi connectivity index (χ1n) is 10.7. The molecule has 3 rings (SSSR count). The third-order valence-electron chi connectivity index (χ3n) is 5.13. The summed E-state index contributed by atoms with van der Waals surface area (Å²) in [7, 11) is 0. The number of anilines is 2. The van der Waals surface area contributed by atoms with Crippen molar-refractivity contribution in [1.29, 1.82) is 0 Å². The van der Waals surface area contributed by atoms with Crippen LogP contribution in [0.15, 0.2) is 84.9 Å². The number of hydrogen-bond donors (Lipinski definition) is 3. The van der Waals surface area contributed by atoms with Crippen molar-refractivity contribution >= 4 is 17.4 Å². The van der Waals surface area contributed by atoms with Gasteiger partial charge in [-0.25, -0.2) is 4.98 Å². The minimum Gasteiger partial charge on any atom is -0.394 e. The third-order valence-corrected chi connectivity index (χ3v) is 5.13. The minimum absolute atomic E-state index is 0.160. The van der Waals surface area contributed by atoms with Gasteiger partial charge in [0.05, 0.1) is 23.9 Å². The highest BCUT2D eigenvalue weighted by molar-refractivity contribution is 5.96. The number of pyridine rings is 1. The van der Waals surface area contributed by atoms with E-state index in [4.69, 9.17) is 0 Å². The van der Waals surface area contributed by atoms with Crippen molar-refractivity contribution < 1.29 is 9.90 Å². The number of nitrogens with one attached hydrogen (secondary N) is 2. The second kappa shape index (κ2) is 11.1. The van der Waals surface area contributed by atoms with Crippen molar-refractivity contribution in [2.75, 3.05) is 11.9 Å². The van der Waals surface area contributed by atoms with Crippen LogP contribution >= 0.6 is 0 Å². The summed E-state index contributed by atoms with van der Waals surface area (Å²) in [5, 5.41) is 16.0. The zero-order valence-corrected chi connectivity index (χ0v) is 18.7. The van der Waals surface area contributed by atoms with Gasteiger partial charge in [-0.05, 0) is 49.6 Å². The molecule has 2 aromatic heterocycles. The summed E-state index contributed by atoms with van der Waals surface area (Å²) in [6, 6.07) is 13.2. The molecule has 1 aromatic carbocycles. The summed E-state index contributed by atoms with van der Waals surface area (Å²) in [4.78, 5) is 17.3. The van der Waals surface area contributed by atoms with Gasteiger partial charge in [-0.2, -0.15) is 0 Å². The topological polar surface area (TPSA) is 79.2 Å². The average Bonchev–Trinajstić information content (AvgIpc) is 3.20. The number of carbonyl (C=O) groups excluding carboxylic acids is 1. The summed E-state index contributed by atoms with van der Waals surface area (Å²) < 4.78 is 1.91. The molecule has 6 heteroatoms. The molecule has 3 aromatic rings. The summed E-state index contributed by atoms with van der Waals surface area (Å²) in [6.45, 7) is 5.70. The number of allylic oxidation sites excluding steroid dienone is 3. The van der Waals surface area contributed by atoms with Crippen LogP contribution in [-0.2, 0) is 0 Å². The van der Waals surface area contributed by atoms with E-state index in [-0.39, 0.29) is 12.5 Å². The van der Waals surface area contributed by atoms with E-state index in [2.05, 4.69) is 22.5 Å². The number of para-hydroxylation sites is 1. The van der Waals surface area contributed by atoms with Gasteiger partial charge in [-0.15, -0.1) is 0 Å². The molecule has 3 N–H and O–H groups in total. The second-order valence-corrected chi connectivity index (χ2v) is 7.61. The van der Waals surface area contributed by atoms with Gasteiger partial charge in [-0.3, -0.25) is 4.79 Å². The molecule has 0 saturated heterocycles. The molecule has 32 heavy (non-hydrogen) atoms. The maximum Gasteiger partial charge on any atom is 0.253 e. The van der Waals surface area contributed by atoms with Crippen molar-refractivity contribution in [3.63, 3.8) is 0 Å². The van der Waals surface area contributed by atoms with Crippen molar-refractivity contribution in [3.05, 3.63) is 96.0 Å². The van der Waals surface area contributed by atoms with E-state index in [9.17, 15) is 9.90 Å². The fourth-order valence-electron chi connectivity index (χ4n) is 3.27. The smallest absolute Gasteiger partial charge is 0.253 e. The zero-order valence-electron chi connectivity index (χ0n) is 18.7. The highest BCUT2D eigenvalue weighted by Gasteiger charge is 2.18. The summed E-state index contributed by atoms with van der Waals surface area (Å²) >= 11 is 0. The molecule has 0 unspecified atom stereocenters. The van der Waals surface area contributed by atoms with Gasteiger partial charge in [-0.1, -0.05) is 43.4 Å². The van der Waals surface area contributed by atoms with Crippen LogP contribution in [0.3, 0.4) is 0 Å². The fourth-order valence-corrected chi connectivity index (χ4v) is 3.27. The monoisotopic (exact) mass is 430 g/mol. The van der Waals surface area contributed by atoms with Crippen molar-refractivity contribution in [2.45, 2.75) is 33.2 Å². The molecule has 0 fully saturated rings. The van der Waals surface area contributed by atoms with Gasteiger partial charge in [0, 0.05) is 30.3 Å². The number of aliphatic hydroxyl groups is 1. The molecule has 0 aliphatic carbocycles. The summed E-state index contributed by atoms with van der Waals surface area (Å²) in [5.74, 6) is 0.497. The van der Waals surface area contributed by atoms with Gasteiger partial charge >= 0.3 is 0 Å². The zero-order chi connectivity index (χ0) is 22.9. The van der Waals surface area contributed by atoms with Crippen LogP contribution < -0.4 is 10.6 Å². The minimum atomic E-state index is -0.436. The van der Waals surface area contributed by atoms with E-state index in [0.29, 0.717) is 11.4 Å². The number of rotatable bonds is 9. The molecule has 0 saturated carbocycles. The van der Waals surface area contributed by atoms with Gasteiger partial charge in [0.2, 0.25) is 0 Å². The SMILES string of the molecule is CC/C=C\C=C(/C)[C@@H](CO)NC(=O)c1cn(-c2ccnc(Nc3ccccc3)c2)cc1C. The van der Waals surface area contributed by atoms with Gasteiger partial charge in [0.1, 0.15) is 5.82 Å². The lowest BCUT2D eigenvalue weighted by Crippen LogP contribution is -2.38. The highest BCUT2D eigenvalue weighted by atomic mass is 16.3. The van der Waals surface area contributed by atoms with E-state index < -0.39 is 6.04 Å². The Morgan fingerprint density at radius 2 is 2.00 bits per heavy atom. The fraction of sp³-hybridized carbons (Fsp3) is 0.231. The molecule has 0 radical (unpaired) electrons. The molecule has 0 aliphatic rings. The van der Waals surface area contributed by atoms with E-state index in [0.717, 1.165) is 28.9 Å². The van der Waals surface area contributed by atoms with Crippen LogP contribution in [0.2, 0.25) is 0 Å². The lowest BCUT2D eigenvalue weighted by molar-refractivity contribution is 0.0926. The molecule has 6 nitrogen and oxygen atoms in total. The number of amides is 1. The maximum absolute atomic E-state index is 12.9. The maximum atomic E-state index is 12.9. The van der Waals surface area contributed by atoms with Gasteiger partial charge < -0.3 is 20.3 Å². The molecular formula is C26H30N4O2. The molecule has 0 bridgehead atoms. The molecule has 0 aliphatic heterocycles. The third kappa shape index (κ3) is 5.95. The van der Waals surface area contributed by atoms with Crippen LogP contribution in [0.5, 0.6) is 0 Å². The van der Waals surface area contributed by atoms with Crippen molar-refractivity contribution in [3.8, 4) is 5.69 Å². The Morgan fingerprint density at radius 1 is 1.22 bits per heavy atom. The molecule has 0 spiro atoms. The Hall–Kier alpha value is -3.64. The van der Waals surface area contributed by atoms with Gasteiger partial charge in [0.15, 0.2) is 0 Å². The molecule has 1 atom stereocenters. The van der Waals surface area contributed by atoms with Crippen LogP contribution in [0, 0.1) is 6.92 Å². The number of nitrogens with zero attached hydrogens (tertiary/aromatic N) is 2. The van der Waals surface area contributed by atoms with E-state index in [1.165, 1.54) is 0 Å². The first-order chi connectivity index (χ1) is 15.5. The highest BCUT2D eigenvalue weighted by Crippen LogP contribution is 2.20. The average molecular weight is 431 g/mol. The summed E-state index contributed by atoms with van der Waals surface area (Å²) in [6.07, 6.45) is 12.3. The quantitative estimate of drug-likeness (QED) is 0.421. The van der Waals surface area contributed by atoms with Crippen LogP contribution in [0.1, 0.15) is 36.2 Å². The summed E-state index contributed by atoms with van der Waals surface area (Å²) in [5.41, 5.74) is 4.15. The second-order valence-electron chi connectivity index (χ2n) is 7.61. The van der Waals surface area contributed by atoms with E-state index >= 15 is 0 Å². The normalized spacial score (nSPS) is 12.7. The number of carbonyl (C=O) groups is 1. The predicted molar refractivity (Wildman–Crippen MR) is 130 cm³/mol. The van der Waals surface area contributed by atoms with Crippen LogP contribution in [0.4, 0.5) is 11.5 Å². The lowest BCUT2D eigenvalue weighted by Gasteiger charge is -2.17. The Balaban J connectivity index is 1.77.